The molecule has 0 saturated heterocycles. The van der Waals surface area contributed by atoms with E-state index < -0.39 is 0 Å². The van der Waals surface area contributed by atoms with Crippen LogP contribution in [0.15, 0.2) is 0 Å². The number of amides is 1. The molecule has 2 N–H and O–H groups in total. The van der Waals surface area contributed by atoms with E-state index in [0.717, 1.165) is 18.4 Å². The van der Waals surface area contributed by atoms with Crippen LogP contribution in [0.25, 0.3) is 0 Å². The number of carbonyl (C=O) groups is 1. The topological polar surface area (TPSA) is 41.1 Å². The van der Waals surface area contributed by atoms with Crippen LogP contribution in [0.5, 0.6) is 0 Å². The molecule has 3 atom stereocenters. The Morgan fingerprint density at radius 3 is 2.71 bits per heavy atom. The number of hydrogen-bond donors (Lipinski definition) is 2. The summed E-state index contributed by atoms with van der Waals surface area (Å²) in [6.45, 7) is 4.82. The van der Waals surface area contributed by atoms with Crippen LogP contribution in [-0.2, 0) is 4.79 Å². The second kappa shape index (κ2) is 4.97. The molecule has 3 nitrogen and oxygen atoms in total. The van der Waals surface area contributed by atoms with E-state index in [-0.39, 0.29) is 11.3 Å². The Labute approximate surface area is 105 Å². The summed E-state index contributed by atoms with van der Waals surface area (Å²) < 4.78 is 0. The highest BCUT2D eigenvalue weighted by Gasteiger charge is 2.39. The molecule has 2 aliphatic rings. The highest BCUT2D eigenvalue weighted by Crippen LogP contribution is 2.44. The largest absolute Gasteiger partial charge is 0.359 e. The summed E-state index contributed by atoms with van der Waals surface area (Å²) >= 11 is 0. The quantitative estimate of drug-likeness (QED) is 0.786. The van der Waals surface area contributed by atoms with Crippen molar-refractivity contribution in [3.05, 3.63) is 0 Å². The van der Waals surface area contributed by atoms with Gasteiger partial charge in [0.2, 0.25) is 5.91 Å². The molecule has 0 radical (unpaired) electrons. The van der Waals surface area contributed by atoms with E-state index in [1.54, 1.807) is 7.05 Å². The van der Waals surface area contributed by atoms with Crippen LogP contribution in [0.4, 0.5) is 0 Å². The van der Waals surface area contributed by atoms with E-state index in [2.05, 4.69) is 10.6 Å². The van der Waals surface area contributed by atoms with Crippen molar-refractivity contribution in [2.24, 2.45) is 17.3 Å². The van der Waals surface area contributed by atoms with Crippen molar-refractivity contribution in [2.75, 3.05) is 13.6 Å². The predicted molar refractivity (Wildman–Crippen MR) is 69.7 cm³/mol. The van der Waals surface area contributed by atoms with Crippen molar-refractivity contribution in [1.82, 2.24) is 10.6 Å². The van der Waals surface area contributed by atoms with Crippen molar-refractivity contribution < 1.29 is 4.79 Å². The van der Waals surface area contributed by atoms with Crippen molar-refractivity contribution in [1.29, 1.82) is 0 Å². The summed E-state index contributed by atoms with van der Waals surface area (Å²) in [5.41, 5.74) is -0.300. The van der Waals surface area contributed by atoms with Gasteiger partial charge in [-0.05, 0) is 44.9 Å². The molecule has 1 unspecified atom stereocenters. The summed E-state index contributed by atoms with van der Waals surface area (Å²) in [4.78, 5) is 11.7. The summed E-state index contributed by atoms with van der Waals surface area (Å²) in [6, 6.07) is 0.659. The molecule has 0 aliphatic heterocycles. The van der Waals surface area contributed by atoms with Gasteiger partial charge in [0, 0.05) is 19.6 Å². The predicted octanol–water partition coefficient (Wildman–Crippen LogP) is 1.93. The van der Waals surface area contributed by atoms with Gasteiger partial charge in [0.1, 0.15) is 0 Å². The number of fused-ring (bicyclic) bond motifs is 1. The number of rotatable bonds is 4. The molecule has 0 bridgehead atoms. The lowest BCUT2D eigenvalue weighted by Gasteiger charge is -2.27. The van der Waals surface area contributed by atoms with Gasteiger partial charge in [0.15, 0.2) is 0 Å². The summed E-state index contributed by atoms with van der Waals surface area (Å²) in [7, 11) is 1.71. The third-order valence-electron chi connectivity index (χ3n) is 4.73. The molecule has 98 valence electrons. The molecular weight excluding hydrogens is 212 g/mol. The fraction of sp³-hybridized carbons (Fsp3) is 0.929. The van der Waals surface area contributed by atoms with Gasteiger partial charge in [-0.15, -0.1) is 0 Å². The minimum absolute atomic E-state index is 0.131. The summed E-state index contributed by atoms with van der Waals surface area (Å²) in [5, 5.41) is 6.40. The van der Waals surface area contributed by atoms with E-state index in [9.17, 15) is 4.79 Å². The SMILES string of the molecule is CNC(=O)C(C)(C)CNC1CC[C@@H]2CCC[C@H]12. The van der Waals surface area contributed by atoms with Gasteiger partial charge in [0.25, 0.3) is 0 Å². The molecule has 2 fully saturated rings. The Morgan fingerprint density at radius 1 is 1.24 bits per heavy atom. The van der Waals surface area contributed by atoms with Gasteiger partial charge < -0.3 is 10.6 Å². The first kappa shape index (κ1) is 12.9. The lowest BCUT2D eigenvalue weighted by atomic mass is 9.90. The molecule has 3 heteroatoms. The fourth-order valence-corrected chi connectivity index (χ4v) is 3.62. The van der Waals surface area contributed by atoms with Crippen molar-refractivity contribution in [3.8, 4) is 0 Å². The van der Waals surface area contributed by atoms with Gasteiger partial charge in [0.05, 0.1) is 5.41 Å². The molecule has 0 spiro atoms. The Morgan fingerprint density at radius 2 is 2.00 bits per heavy atom. The zero-order valence-corrected chi connectivity index (χ0v) is 11.4. The lowest BCUT2D eigenvalue weighted by molar-refractivity contribution is -0.128. The van der Waals surface area contributed by atoms with Crippen LogP contribution < -0.4 is 10.6 Å². The second-order valence-electron chi connectivity index (χ2n) is 6.38. The number of nitrogens with one attached hydrogen (secondary N) is 2. The minimum atomic E-state index is -0.300. The molecule has 0 heterocycles. The zero-order valence-electron chi connectivity index (χ0n) is 11.4. The average Bonchev–Trinajstić information content (AvgIpc) is 2.87. The normalized spacial score (nSPS) is 32.5. The van der Waals surface area contributed by atoms with Gasteiger partial charge in [-0.1, -0.05) is 12.8 Å². The molecule has 2 rings (SSSR count). The molecule has 2 aliphatic carbocycles. The summed E-state index contributed by atoms with van der Waals surface area (Å²) in [6.07, 6.45) is 6.93. The Balaban J connectivity index is 1.84. The summed E-state index contributed by atoms with van der Waals surface area (Å²) in [5.74, 6) is 1.98. The van der Waals surface area contributed by atoms with E-state index in [1.165, 1.54) is 32.1 Å². The number of hydrogen-bond acceptors (Lipinski definition) is 2. The molecular formula is C14H26N2O. The fourth-order valence-electron chi connectivity index (χ4n) is 3.62. The van der Waals surface area contributed by atoms with Gasteiger partial charge >= 0.3 is 0 Å². The Kier molecular flexibility index (Phi) is 3.76. The Hall–Kier alpha value is -0.570. The van der Waals surface area contributed by atoms with Gasteiger partial charge in [-0.25, -0.2) is 0 Å². The van der Waals surface area contributed by atoms with Gasteiger partial charge in [-0.3, -0.25) is 4.79 Å². The monoisotopic (exact) mass is 238 g/mol. The smallest absolute Gasteiger partial charge is 0.226 e. The van der Waals surface area contributed by atoms with E-state index in [1.807, 2.05) is 13.8 Å². The lowest BCUT2D eigenvalue weighted by Crippen LogP contribution is -2.46. The van der Waals surface area contributed by atoms with E-state index in [0.29, 0.717) is 6.04 Å². The first-order valence-electron chi connectivity index (χ1n) is 7.00. The van der Waals surface area contributed by atoms with Crippen LogP contribution in [0.1, 0.15) is 46.0 Å². The molecule has 0 aromatic carbocycles. The Bertz CT molecular complexity index is 288. The molecule has 2 saturated carbocycles. The highest BCUT2D eigenvalue weighted by atomic mass is 16.2. The van der Waals surface area contributed by atoms with Crippen LogP contribution >= 0.6 is 0 Å². The van der Waals surface area contributed by atoms with Crippen LogP contribution in [0.3, 0.4) is 0 Å². The molecule has 0 aromatic heterocycles. The third-order valence-corrected chi connectivity index (χ3v) is 4.73. The maximum Gasteiger partial charge on any atom is 0.226 e. The third kappa shape index (κ3) is 2.65. The van der Waals surface area contributed by atoms with Crippen molar-refractivity contribution >= 4 is 5.91 Å². The first-order valence-corrected chi connectivity index (χ1v) is 7.00. The molecule has 0 aromatic rings. The van der Waals surface area contributed by atoms with Gasteiger partial charge in [-0.2, -0.15) is 0 Å². The van der Waals surface area contributed by atoms with Crippen LogP contribution in [0.2, 0.25) is 0 Å². The highest BCUT2D eigenvalue weighted by molar-refractivity contribution is 5.81. The van der Waals surface area contributed by atoms with Crippen LogP contribution in [0, 0.1) is 17.3 Å². The van der Waals surface area contributed by atoms with Crippen molar-refractivity contribution in [2.45, 2.75) is 52.0 Å². The standard InChI is InChI=1S/C14H26N2O/c1-14(2,13(17)15-3)9-16-12-8-7-10-5-4-6-11(10)12/h10-12,16H,4-9H2,1-3H3,(H,15,17)/t10-,11-,12?/m0/s1. The average molecular weight is 238 g/mol. The zero-order chi connectivity index (χ0) is 12.5. The van der Waals surface area contributed by atoms with E-state index in [4.69, 9.17) is 0 Å². The van der Waals surface area contributed by atoms with E-state index >= 15 is 0 Å². The maximum atomic E-state index is 11.7. The van der Waals surface area contributed by atoms with Crippen molar-refractivity contribution in [3.63, 3.8) is 0 Å². The second-order valence-corrected chi connectivity index (χ2v) is 6.38. The molecule has 17 heavy (non-hydrogen) atoms. The minimum Gasteiger partial charge on any atom is -0.359 e. The first-order chi connectivity index (χ1) is 8.04. The van der Waals surface area contributed by atoms with Crippen LogP contribution in [-0.4, -0.2) is 25.5 Å². The number of carbonyl (C=O) groups excluding carboxylic acids is 1. The molecule has 1 amide bonds. The maximum absolute atomic E-state index is 11.7.